The molecular weight excluding hydrogens is 212 g/mol. The van der Waals surface area contributed by atoms with Crippen LogP contribution in [0.4, 0.5) is 0 Å². The molecule has 1 aliphatic rings. The lowest BCUT2D eigenvalue weighted by Gasteiger charge is -2.30. The van der Waals surface area contributed by atoms with Gasteiger partial charge in [0.1, 0.15) is 0 Å². The molecule has 2 N–H and O–H groups in total. The van der Waals surface area contributed by atoms with Crippen LogP contribution in [-0.2, 0) is 9.84 Å². The second-order valence-corrected chi connectivity index (χ2v) is 7.09. The first-order valence-corrected chi connectivity index (χ1v) is 7.38. The van der Waals surface area contributed by atoms with Gasteiger partial charge >= 0.3 is 0 Å². The van der Waals surface area contributed by atoms with Gasteiger partial charge in [-0.15, -0.1) is 0 Å². The Hall–Kier alpha value is -0.130. The van der Waals surface area contributed by atoms with Crippen LogP contribution in [0.25, 0.3) is 0 Å². The van der Waals surface area contributed by atoms with E-state index in [9.17, 15) is 8.42 Å². The zero-order valence-corrected chi connectivity index (χ0v) is 10.5. The van der Waals surface area contributed by atoms with Crippen LogP contribution in [0, 0.1) is 0 Å². The Morgan fingerprint density at radius 3 is 2.60 bits per heavy atom. The molecule has 0 saturated carbocycles. The summed E-state index contributed by atoms with van der Waals surface area (Å²) in [7, 11) is -2.80. The van der Waals surface area contributed by atoms with Gasteiger partial charge in [-0.25, -0.2) is 8.42 Å². The van der Waals surface area contributed by atoms with Gasteiger partial charge in [0, 0.05) is 18.6 Å². The molecule has 0 spiro atoms. The smallest absolute Gasteiger partial charge is 0.151 e. The van der Waals surface area contributed by atoms with E-state index in [1.165, 1.54) is 0 Å². The topological polar surface area (TPSA) is 63.4 Å². The quantitative estimate of drug-likeness (QED) is 0.759. The molecule has 1 aliphatic heterocycles. The summed E-state index contributed by atoms with van der Waals surface area (Å²) in [6, 6.07) is 0. The van der Waals surface area contributed by atoms with Crippen LogP contribution in [0.5, 0.6) is 0 Å². The minimum absolute atomic E-state index is 0.200. The summed E-state index contributed by atoms with van der Waals surface area (Å²) in [4.78, 5) is 2.17. The molecule has 15 heavy (non-hydrogen) atoms. The second-order valence-electron chi connectivity index (χ2n) is 4.79. The van der Waals surface area contributed by atoms with Crippen molar-refractivity contribution in [3.8, 4) is 0 Å². The van der Waals surface area contributed by atoms with Crippen molar-refractivity contribution < 1.29 is 8.42 Å². The molecule has 90 valence electrons. The van der Waals surface area contributed by atoms with Gasteiger partial charge < -0.3 is 10.6 Å². The minimum atomic E-state index is -2.80. The maximum atomic E-state index is 11.4. The van der Waals surface area contributed by atoms with E-state index >= 15 is 0 Å². The fourth-order valence-electron chi connectivity index (χ4n) is 1.77. The first-order chi connectivity index (χ1) is 6.85. The van der Waals surface area contributed by atoms with Crippen molar-refractivity contribution in [2.75, 3.05) is 31.1 Å². The van der Waals surface area contributed by atoms with E-state index in [4.69, 9.17) is 5.73 Å². The number of hydrogen-bond donors (Lipinski definition) is 1. The first kappa shape index (κ1) is 12.9. The standard InChI is InChI=1S/C10H22N2O2S/c1-3-10(2,11)9-12-5-4-7-15(13,14)8-6-12/h3-9,11H2,1-2H3. The summed E-state index contributed by atoms with van der Waals surface area (Å²) in [5.74, 6) is 0.615. The Balaban J connectivity index is 2.52. The average Bonchev–Trinajstić information content (AvgIpc) is 2.28. The van der Waals surface area contributed by atoms with Crippen molar-refractivity contribution in [1.82, 2.24) is 4.90 Å². The summed E-state index contributed by atoms with van der Waals surface area (Å²) in [5, 5.41) is 0. The third-order valence-corrected chi connectivity index (χ3v) is 4.76. The lowest BCUT2D eigenvalue weighted by atomic mass is 10.00. The normalized spacial score (nSPS) is 26.9. The fraction of sp³-hybridized carbons (Fsp3) is 1.00. The van der Waals surface area contributed by atoms with Crippen molar-refractivity contribution in [2.24, 2.45) is 5.73 Å². The number of sulfone groups is 1. The van der Waals surface area contributed by atoms with Crippen LogP contribution in [0.3, 0.4) is 0 Å². The van der Waals surface area contributed by atoms with Gasteiger partial charge in [0.15, 0.2) is 9.84 Å². The number of hydrogen-bond acceptors (Lipinski definition) is 4. The van der Waals surface area contributed by atoms with Crippen molar-refractivity contribution in [1.29, 1.82) is 0 Å². The average molecular weight is 234 g/mol. The highest BCUT2D eigenvalue weighted by molar-refractivity contribution is 7.91. The molecule has 1 rings (SSSR count). The molecule has 0 aromatic rings. The molecule has 0 aliphatic carbocycles. The van der Waals surface area contributed by atoms with E-state index in [1.807, 2.05) is 6.92 Å². The molecule has 4 nitrogen and oxygen atoms in total. The van der Waals surface area contributed by atoms with E-state index in [0.29, 0.717) is 12.3 Å². The zero-order valence-electron chi connectivity index (χ0n) is 9.70. The summed E-state index contributed by atoms with van der Waals surface area (Å²) in [6.45, 7) is 6.36. The van der Waals surface area contributed by atoms with Crippen LogP contribution in [-0.4, -0.2) is 50.0 Å². The fourth-order valence-corrected chi connectivity index (χ4v) is 3.08. The van der Waals surface area contributed by atoms with Crippen molar-refractivity contribution in [2.45, 2.75) is 32.2 Å². The molecule has 1 unspecified atom stereocenters. The molecule has 0 amide bonds. The second kappa shape index (κ2) is 4.80. The predicted octanol–water partition coefficient (Wildman–Crippen LogP) is 0.234. The van der Waals surface area contributed by atoms with Crippen molar-refractivity contribution in [3.63, 3.8) is 0 Å². The molecule has 1 saturated heterocycles. The first-order valence-electron chi connectivity index (χ1n) is 5.56. The van der Waals surface area contributed by atoms with Gasteiger partial charge in [0.05, 0.1) is 11.5 Å². The van der Waals surface area contributed by atoms with Gasteiger partial charge in [-0.2, -0.15) is 0 Å². The molecule has 0 radical (unpaired) electrons. The van der Waals surface area contributed by atoms with Crippen molar-refractivity contribution >= 4 is 9.84 Å². The van der Waals surface area contributed by atoms with Crippen molar-refractivity contribution in [3.05, 3.63) is 0 Å². The van der Waals surface area contributed by atoms with Gasteiger partial charge in [-0.3, -0.25) is 0 Å². The van der Waals surface area contributed by atoms with E-state index in [1.54, 1.807) is 0 Å². The summed E-state index contributed by atoms with van der Waals surface area (Å²) in [5.41, 5.74) is 5.87. The van der Waals surface area contributed by atoms with E-state index in [2.05, 4.69) is 11.8 Å². The monoisotopic (exact) mass is 234 g/mol. The Kier molecular flexibility index (Phi) is 4.14. The lowest BCUT2D eigenvalue weighted by molar-refractivity contribution is 0.227. The SMILES string of the molecule is CCC(C)(N)CN1CCCS(=O)(=O)CC1. The van der Waals surface area contributed by atoms with Crippen LogP contribution >= 0.6 is 0 Å². The molecule has 1 atom stereocenters. The van der Waals surface area contributed by atoms with E-state index < -0.39 is 9.84 Å². The van der Waals surface area contributed by atoms with Crippen LogP contribution in [0.1, 0.15) is 26.7 Å². The highest BCUT2D eigenvalue weighted by Crippen LogP contribution is 2.11. The highest BCUT2D eigenvalue weighted by Gasteiger charge is 2.24. The summed E-state index contributed by atoms with van der Waals surface area (Å²) >= 11 is 0. The molecule has 0 aromatic carbocycles. The van der Waals surface area contributed by atoms with E-state index in [-0.39, 0.29) is 11.3 Å². The summed E-state index contributed by atoms with van der Waals surface area (Å²) in [6.07, 6.45) is 1.65. The number of nitrogens with zero attached hydrogens (tertiary/aromatic N) is 1. The molecule has 1 fully saturated rings. The maximum Gasteiger partial charge on any atom is 0.151 e. The van der Waals surface area contributed by atoms with Crippen LogP contribution in [0.2, 0.25) is 0 Å². The van der Waals surface area contributed by atoms with Gasteiger partial charge in [-0.05, 0) is 26.3 Å². The van der Waals surface area contributed by atoms with Gasteiger partial charge in [0.2, 0.25) is 0 Å². The van der Waals surface area contributed by atoms with Gasteiger partial charge in [-0.1, -0.05) is 6.92 Å². The van der Waals surface area contributed by atoms with E-state index in [0.717, 1.165) is 25.9 Å². The third kappa shape index (κ3) is 4.49. The van der Waals surface area contributed by atoms with Crippen LogP contribution in [0.15, 0.2) is 0 Å². The Morgan fingerprint density at radius 1 is 1.33 bits per heavy atom. The Labute approximate surface area is 92.7 Å². The minimum Gasteiger partial charge on any atom is -0.324 e. The number of nitrogens with two attached hydrogens (primary N) is 1. The zero-order chi connectivity index (χ0) is 11.5. The Bertz CT molecular complexity index is 299. The van der Waals surface area contributed by atoms with Gasteiger partial charge in [0.25, 0.3) is 0 Å². The maximum absolute atomic E-state index is 11.4. The predicted molar refractivity (Wildman–Crippen MR) is 62.6 cm³/mol. The Morgan fingerprint density at radius 2 is 2.00 bits per heavy atom. The largest absolute Gasteiger partial charge is 0.324 e. The molecule has 5 heteroatoms. The highest BCUT2D eigenvalue weighted by atomic mass is 32.2. The summed E-state index contributed by atoms with van der Waals surface area (Å²) < 4.78 is 22.8. The molecule has 1 heterocycles. The van der Waals surface area contributed by atoms with Crippen LogP contribution < -0.4 is 5.73 Å². The molecule has 0 bridgehead atoms. The third-order valence-electron chi connectivity index (χ3n) is 3.04. The molecular formula is C10H22N2O2S. The number of rotatable bonds is 3. The lowest BCUT2D eigenvalue weighted by Crippen LogP contribution is -2.48. The molecule has 0 aromatic heterocycles.